The quantitative estimate of drug-likeness (QED) is 0.678. The molecular weight excluding hydrogens is 304 g/mol. The Bertz CT molecular complexity index is 937. The van der Waals surface area contributed by atoms with E-state index in [1.54, 1.807) is 16.2 Å². The van der Waals surface area contributed by atoms with Gasteiger partial charge in [-0.3, -0.25) is 13.9 Å². The Balaban J connectivity index is 1.66. The SMILES string of the molecule is Cc1ccccc1COC(=O)CCn1c(=O)n(C)c2ccccc21. The van der Waals surface area contributed by atoms with Gasteiger partial charge in [-0.25, -0.2) is 4.79 Å². The first-order valence-electron chi connectivity index (χ1n) is 7.92. The second-order valence-electron chi connectivity index (χ2n) is 5.82. The van der Waals surface area contributed by atoms with E-state index < -0.39 is 0 Å². The summed E-state index contributed by atoms with van der Waals surface area (Å²) < 4.78 is 8.53. The predicted molar refractivity (Wildman–Crippen MR) is 92.8 cm³/mol. The van der Waals surface area contributed by atoms with Crippen molar-refractivity contribution in [2.45, 2.75) is 26.5 Å². The number of aromatic nitrogens is 2. The van der Waals surface area contributed by atoms with Gasteiger partial charge >= 0.3 is 11.7 Å². The molecule has 24 heavy (non-hydrogen) atoms. The molecule has 0 aliphatic carbocycles. The van der Waals surface area contributed by atoms with Crippen LogP contribution in [0.2, 0.25) is 0 Å². The zero-order valence-electron chi connectivity index (χ0n) is 13.9. The molecular formula is C19H20N2O3. The summed E-state index contributed by atoms with van der Waals surface area (Å²) in [6.07, 6.45) is 0.166. The van der Waals surface area contributed by atoms with Gasteiger partial charge in [0.25, 0.3) is 0 Å². The number of carbonyl (C=O) groups is 1. The molecule has 0 fully saturated rings. The van der Waals surface area contributed by atoms with E-state index in [0.29, 0.717) is 6.54 Å². The molecule has 0 saturated carbocycles. The van der Waals surface area contributed by atoms with Crippen LogP contribution in [0.4, 0.5) is 0 Å². The summed E-state index contributed by atoms with van der Waals surface area (Å²) in [5.41, 5.74) is 3.65. The summed E-state index contributed by atoms with van der Waals surface area (Å²) in [6.45, 7) is 2.56. The number of fused-ring (bicyclic) bond motifs is 1. The summed E-state index contributed by atoms with van der Waals surface area (Å²) in [6, 6.07) is 15.4. The van der Waals surface area contributed by atoms with E-state index in [-0.39, 0.29) is 24.7 Å². The fourth-order valence-corrected chi connectivity index (χ4v) is 2.78. The molecule has 2 aromatic carbocycles. The molecule has 3 aromatic rings. The van der Waals surface area contributed by atoms with Crippen molar-refractivity contribution in [3.63, 3.8) is 0 Å². The number of ether oxygens (including phenoxy) is 1. The summed E-state index contributed by atoms with van der Waals surface area (Å²) in [5.74, 6) is -0.307. The summed E-state index contributed by atoms with van der Waals surface area (Å²) in [4.78, 5) is 24.3. The first kappa shape index (κ1) is 16.1. The molecule has 0 aliphatic heterocycles. The molecule has 3 rings (SSSR count). The fourth-order valence-electron chi connectivity index (χ4n) is 2.78. The summed E-state index contributed by atoms with van der Waals surface area (Å²) >= 11 is 0. The first-order valence-corrected chi connectivity index (χ1v) is 7.92. The lowest BCUT2D eigenvalue weighted by molar-refractivity contribution is -0.145. The van der Waals surface area contributed by atoms with Crippen LogP contribution in [-0.4, -0.2) is 15.1 Å². The smallest absolute Gasteiger partial charge is 0.328 e. The van der Waals surface area contributed by atoms with Crippen molar-refractivity contribution in [1.29, 1.82) is 0 Å². The summed E-state index contributed by atoms with van der Waals surface area (Å²) in [5, 5.41) is 0. The highest BCUT2D eigenvalue weighted by Gasteiger charge is 2.12. The molecule has 0 aliphatic rings. The minimum Gasteiger partial charge on any atom is -0.461 e. The standard InChI is InChI=1S/C19H20N2O3/c1-14-7-3-4-8-15(14)13-24-18(22)11-12-21-17-10-6-5-9-16(17)20(2)19(21)23/h3-10H,11-13H2,1-2H3. The number of aryl methyl sites for hydroxylation is 3. The third kappa shape index (κ3) is 3.11. The third-order valence-electron chi connectivity index (χ3n) is 4.24. The maximum atomic E-state index is 12.3. The molecule has 0 atom stereocenters. The summed E-state index contributed by atoms with van der Waals surface area (Å²) in [7, 11) is 1.73. The number of rotatable bonds is 5. The maximum Gasteiger partial charge on any atom is 0.328 e. The second-order valence-corrected chi connectivity index (χ2v) is 5.82. The molecule has 0 radical (unpaired) electrons. The Morgan fingerprint density at radius 1 is 1.04 bits per heavy atom. The van der Waals surface area contributed by atoms with E-state index in [9.17, 15) is 9.59 Å². The minimum absolute atomic E-state index is 0.122. The Labute approximate surface area is 140 Å². The highest BCUT2D eigenvalue weighted by Crippen LogP contribution is 2.12. The molecule has 0 saturated heterocycles. The number of hydrogen-bond acceptors (Lipinski definition) is 3. The van der Waals surface area contributed by atoms with E-state index in [1.165, 1.54) is 0 Å². The van der Waals surface area contributed by atoms with Gasteiger partial charge in [-0.15, -0.1) is 0 Å². The van der Waals surface area contributed by atoms with Gasteiger partial charge in [-0.2, -0.15) is 0 Å². The van der Waals surface area contributed by atoms with Crippen LogP contribution in [0.5, 0.6) is 0 Å². The molecule has 0 unspecified atom stereocenters. The van der Waals surface area contributed by atoms with Crippen molar-refractivity contribution in [1.82, 2.24) is 9.13 Å². The fraction of sp³-hybridized carbons (Fsp3) is 0.263. The number of para-hydroxylation sites is 2. The van der Waals surface area contributed by atoms with Gasteiger partial charge in [0.15, 0.2) is 0 Å². The Hall–Kier alpha value is -2.82. The molecule has 1 heterocycles. The van der Waals surface area contributed by atoms with Gasteiger partial charge < -0.3 is 4.74 Å². The maximum absolute atomic E-state index is 12.3. The van der Waals surface area contributed by atoms with Crippen molar-refractivity contribution < 1.29 is 9.53 Å². The van der Waals surface area contributed by atoms with Crippen LogP contribution in [0.1, 0.15) is 17.5 Å². The van der Waals surface area contributed by atoms with Crippen LogP contribution in [0.3, 0.4) is 0 Å². The minimum atomic E-state index is -0.307. The Morgan fingerprint density at radius 3 is 2.46 bits per heavy atom. The topological polar surface area (TPSA) is 53.2 Å². The van der Waals surface area contributed by atoms with Crippen LogP contribution in [0.25, 0.3) is 11.0 Å². The molecule has 0 N–H and O–H groups in total. The lowest BCUT2D eigenvalue weighted by Crippen LogP contribution is -2.23. The molecule has 5 heteroatoms. The molecule has 5 nitrogen and oxygen atoms in total. The van der Waals surface area contributed by atoms with Gasteiger partial charge in [0.2, 0.25) is 0 Å². The van der Waals surface area contributed by atoms with Crippen LogP contribution >= 0.6 is 0 Å². The molecule has 0 spiro atoms. The molecule has 0 amide bonds. The number of carbonyl (C=O) groups excluding carboxylic acids is 1. The van der Waals surface area contributed by atoms with E-state index in [1.807, 2.05) is 55.5 Å². The van der Waals surface area contributed by atoms with Gasteiger partial charge in [0.1, 0.15) is 6.61 Å². The van der Waals surface area contributed by atoms with Crippen molar-refractivity contribution >= 4 is 17.0 Å². The van der Waals surface area contributed by atoms with Gasteiger partial charge in [0, 0.05) is 13.6 Å². The Morgan fingerprint density at radius 2 is 1.71 bits per heavy atom. The molecule has 0 bridgehead atoms. The van der Waals surface area contributed by atoms with E-state index in [2.05, 4.69) is 0 Å². The van der Waals surface area contributed by atoms with E-state index in [4.69, 9.17) is 4.74 Å². The monoisotopic (exact) mass is 324 g/mol. The van der Waals surface area contributed by atoms with Crippen molar-refractivity contribution in [3.05, 3.63) is 70.1 Å². The third-order valence-corrected chi connectivity index (χ3v) is 4.24. The highest BCUT2D eigenvalue weighted by molar-refractivity contribution is 5.76. The second kappa shape index (κ2) is 6.74. The van der Waals surface area contributed by atoms with Crippen molar-refractivity contribution in [2.75, 3.05) is 0 Å². The lowest BCUT2D eigenvalue weighted by Gasteiger charge is -2.08. The van der Waals surface area contributed by atoms with Gasteiger partial charge in [-0.05, 0) is 30.2 Å². The largest absolute Gasteiger partial charge is 0.461 e. The average molecular weight is 324 g/mol. The van der Waals surface area contributed by atoms with Crippen molar-refractivity contribution in [2.24, 2.45) is 7.05 Å². The number of hydrogen-bond donors (Lipinski definition) is 0. The zero-order chi connectivity index (χ0) is 17.1. The van der Waals surface area contributed by atoms with Gasteiger partial charge in [-0.1, -0.05) is 36.4 Å². The molecule has 1 aromatic heterocycles. The predicted octanol–water partition coefficient (Wildman–Crippen LogP) is 2.78. The van der Waals surface area contributed by atoms with E-state index >= 15 is 0 Å². The normalized spacial score (nSPS) is 10.9. The highest BCUT2D eigenvalue weighted by atomic mass is 16.5. The van der Waals surface area contributed by atoms with Crippen LogP contribution in [0.15, 0.2) is 53.3 Å². The number of benzene rings is 2. The van der Waals surface area contributed by atoms with Crippen LogP contribution in [0, 0.1) is 6.92 Å². The lowest BCUT2D eigenvalue weighted by atomic mass is 10.1. The number of nitrogens with zero attached hydrogens (tertiary/aromatic N) is 2. The van der Waals surface area contributed by atoms with E-state index in [0.717, 1.165) is 22.2 Å². The number of imidazole rings is 1. The van der Waals surface area contributed by atoms with Crippen LogP contribution < -0.4 is 5.69 Å². The Kier molecular flexibility index (Phi) is 4.51. The van der Waals surface area contributed by atoms with Crippen LogP contribution in [-0.2, 0) is 29.7 Å². The zero-order valence-corrected chi connectivity index (χ0v) is 13.9. The first-order chi connectivity index (χ1) is 11.6. The average Bonchev–Trinajstić information content (AvgIpc) is 2.84. The van der Waals surface area contributed by atoms with Crippen molar-refractivity contribution in [3.8, 4) is 0 Å². The molecule has 124 valence electrons. The number of esters is 1. The van der Waals surface area contributed by atoms with Gasteiger partial charge in [0.05, 0.1) is 17.5 Å².